The number of hydrogen-bond acceptors (Lipinski definition) is 7. The Labute approximate surface area is 204 Å². The van der Waals surface area contributed by atoms with Crippen LogP contribution in [0.4, 0.5) is 5.95 Å². The van der Waals surface area contributed by atoms with Crippen molar-refractivity contribution in [3.05, 3.63) is 73.2 Å². The van der Waals surface area contributed by atoms with Gasteiger partial charge >= 0.3 is 0 Å². The highest BCUT2D eigenvalue weighted by Gasteiger charge is 2.21. The van der Waals surface area contributed by atoms with Crippen molar-refractivity contribution in [2.75, 3.05) is 18.4 Å². The van der Waals surface area contributed by atoms with Crippen LogP contribution in [0.25, 0.3) is 0 Å². The third-order valence-corrected chi connectivity index (χ3v) is 6.26. The Hall–Kier alpha value is -2.93. The van der Waals surface area contributed by atoms with Crippen LogP contribution in [0.2, 0.25) is 5.02 Å². The molecule has 33 heavy (non-hydrogen) atoms. The molecule has 1 saturated heterocycles. The number of anilines is 1. The molecule has 1 aliphatic rings. The Morgan fingerprint density at radius 2 is 2.15 bits per heavy atom. The van der Waals surface area contributed by atoms with Gasteiger partial charge in [-0.2, -0.15) is 10.2 Å². The summed E-state index contributed by atoms with van der Waals surface area (Å²) in [5.74, 6) is 1.27. The number of likely N-dealkylation sites (tertiary alicyclic amines) is 1. The number of pyridine rings is 1. The molecule has 1 aromatic carbocycles. The number of aromatic amines is 1. The van der Waals surface area contributed by atoms with Gasteiger partial charge in [-0.25, -0.2) is 4.98 Å². The molecule has 170 valence electrons. The Kier molecular flexibility index (Phi) is 7.28. The van der Waals surface area contributed by atoms with Crippen molar-refractivity contribution in [1.82, 2.24) is 19.9 Å². The number of ether oxygens (including phenoxy) is 1. The van der Waals surface area contributed by atoms with Gasteiger partial charge in [0.1, 0.15) is 0 Å². The van der Waals surface area contributed by atoms with Crippen LogP contribution < -0.4 is 15.6 Å². The van der Waals surface area contributed by atoms with E-state index in [2.05, 4.69) is 47.2 Å². The van der Waals surface area contributed by atoms with Gasteiger partial charge in [0, 0.05) is 37.9 Å². The molecular weight excluding hydrogens is 508 g/mol. The van der Waals surface area contributed by atoms with Crippen LogP contribution in [0.3, 0.4) is 0 Å². The zero-order valence-electron chi connectivity index (χ0n) is 17.9. The fraction of sp³-hybridized carbons (Fsp3) is 0.304. The summed E-state index contributed by atoms with van der Waals surface area (Å²) in [6, 6.07) is 9.17. The van der Waals surface area contributed by atoms with Crippen molar-refractivity contribution >= 4 is 33.5 Å². The van der Waals surface area contributed by atoms with E-state index in [0.717, 1.165) is 43.6 Å². The van der Waals surface area contributed by atoms with Crippen LogP contribution in [0.1, 0.15) is 29.5 Å². The number of aryl methyl sites for hydroxylation is 1. The van der Waals surface area contributed by atoms with Crippen LogP contribution in [-0.4, -0.2) is 39.0 Å². The number of nitrogens with zero attached hydrogens (tertiary/aromatic N) is 4. The molecule has 0 bridgehead atoms. The molecule has 3 heterocycles. The summed E-state index contributed by atoms with van der Waals surface area (Å²) in [5, 5.41) is 12.8. The van der Waals surface area contributed by atoms with Crippen LogP contribution >= 0.6 is 27.5 Å². The van der Waals surface area contributed by atoms with Gasteiger partial charge in [-0.3, -0.25) is 9.69 Å². The minimum absolute atomic E-state index is 0.0769. The lowest BCUT2D eigenvalue weighted by Gasteiger charge is -2.32. The Bertz CT molecular complexity index is 1230. The maximum Gasteiger partial charge on any atom is 0.248 e. The van der Waals surface area contributed by atoms with E-state index in [9.17, 15) is 4.79 Å². The normalized spacial score (nSPS) is 14.6. The van der Waals surface area contributed by atoms with Gasteiger partial charge < -0.3 is 15.0 Å². The first-order valence-corrected chi connectivity index (χ1v) is 11.7. The maximum absolute atomic E-state index is 11.5. The lowest BCUT2D eigenvalue weighted by Crippen LogP contribution is -2.39. The van der Waals surface area contributed by atoms with Crippen molar-refractivity contribution in [2.45, 2.75) is 32.4 Å². The average Bonchev–Trinajstić information content (AvgIpc) is 2.79. The number of piperidine rings is 1. The number of rotatable bonds is 6. The van der Waals surface area contributed by atoms with Gasteiger partial charge in [-0.1, -0.05) is 11.6 Å². The number of nitrogens with one attached hydrogen (secondary N) is 2. The van der Waals surface area contributed by atoms with E-state index in [4.69, 9.17) is 21.6 Å². The summed E-state index contributed by atoms with van der Waals surface area (Å²) < 4.78 is 6.58. The van der Waals surface area contributed by atoms with Crippen LogP contribution in [0, 0.1) is 18.3 Å². The molecule has 1 fully saturated rings. The molecule has 2 aromatic heterocycles. The Balaban J connectivity index is 1.39. The number of benzene rings is 1. The van der Waals surface area contributed by atoms with Crippen molar-refractivity contribution < 1.29 is 4.74 Å². The highest BCUT2D eigenvalue weighted by molar-refractivity contribution is 9.10. The smallest absolute Gasteiger partial charge is 0.248 e. The lowest BCUT2D eigenvalue weighted by molar-refractivity contribution is 0.211. The number of H-pyrrole nitrogens is 1. The molecule has 0 aliphatic carbocycles. The fourth-order valence-electron chi connectivity index (χ4n) is 3.78. The minimum Gasteiger partial charge on any atom is -0.436 e. The Morgan fingerprint density at radius 3 is 2.85 bits per heavy atom. The van der Waals surface area contributed by atoms with Crippen molar-refractivity contribution in [1.29, 1.82) is 5.26 Å². The molecule has 0 atom stereocenters. The number of hydrogen-bond donors (Lipinski definition) is 2. The fourth-order valence-corrected chi connectivity index (χ4v) is 4.35. The monoisotopic (exact) mass is 528 g/mol. The van der Waals surface area contributed by atoms with Crippen molar-refractivity contribution in [3.8, 4) is 17.7 Å². The first-order chi connectivity index (χ1) is 15.9. The molecule has 0 unspecified atom stereocenters. The summed E-state index contributed by atoms with van der Waals surface area (Å²) in [4.78, 5) is 25.4. The summed E-state index contributed by atoms with van der Waals surface area (Å²) in [6.45, 7) is 4.40. The van der Waals surface area contributed by atoms with Crippen molar-refractivity contribution in [2.24, 2.45) is 0 Å². The van der Waals surface area contributed by atoms with E-state index in [0.29, 0.717) is 32.6 Å². The second kappa shape index (κ2) is 10.3. The first-order valence-electron chi connectivity index (χ1n) is 10.5. The molecule has 0 spiro atoms. The van der Waals surface area contributed by atoms with Gasteiger partial charge in [-0.05, 0) is 65.0 Å². The van der Waals surface area contributed by atoms with Crippen molar-refractivity contribution in [3.63, 3.8) is 0 Å². The predicted octanol–water partition coefficient (Wildman–Crippen LogP) is 4.63. The van der Waals surface area contributed by atoms with E-state index < -0.39 is 0 Å². The number of aromatic nitrogens is 3. The SMILES string of the molecule is Cc1cc(C#N)cc(Cl)c1Oc1nc(NC2CCN(Cc3cc[nH]c(=O)c3)CC2)ncc1Br. The minimum atomic E-state index is -0.0769. The van der Waals surface area contributed by atoms with Crippen LogP contribution in [0.5, 0.6) is 11.6 Å². The zero-order chi connectivity index (χ0) is 23.4. The molecule has 1 aliphatic heterocycles. The van der Waals surface area contributed by atoms with Crippen LogP contribution in [0.15, 0.2) is 45.9 Å². The largest absolute Gasteiger partial charge is 0.436 e. The third kappa shape index (κ3) is 5.90. The third-order valence-electron chi connectivity index (χ3n) is 5.44. The summed E-state index contributed by atoms with van der Waals surface area (Å²) >= 11 is 9.75. The second-order valence-corrected chi connectivity index (χ2v) is 9.18. The van der Waals surface area contributed by atoms with E-state index in [1.807, 2.05) is 13.0 Å². The van der Waals surface area contributed by atoms with Gasteiger partial charge in [0.25, 0.3) is 0 Å². The van der Waals surface area contributed by atoms with Gasteiger partial charge in [0.15, 0.2) is 5.75 Å². The highest BCUT2D eigenvalue weighted by Crippen LogP contribution is 2.36. The molecule has 3 aromatic rings. The second-order valence-electron chi connectivity index (χ2n) is 7.92. The topological polar surface area (TPSA) is 107 Å². The van der Waals surface area contributed by atoms with E-state index in [1.54, 1.807) is 30.6 Å². The first kappa shape index (κ1) is 23.2. The Morgan fingerprint density at radius 1 is 1.36 bits per heavy atom. The van der Waals surface area contributed by atoms with E-state index in [-0.39, 0.29) is 11.6 Å². The molecular formula is C23H22BrClN6O2. The predicted molar refractivity (Wildman–Crippen MR) is 130 cm³/mol. The zero-order valence-corrected chi connectivity index (χ0v) is 20.3. The summed E-state index contributed by atoms with van der Waals surface area (Å²) in [5.41, 5.74) is 2.15. The van der Waals surface area contributed by atoms with Crippen LogP contribution in [-0.2, 0) is 6.54 Å². The van der Waals surface area contributed by atoms with Gasteiger partial charge in [0.05, 0.1) is 27.3 Å². The molecule has 4 rings (SSSR count). The molecule has 10 heteroatoms. The quantitative estimate of drug-likeness (QED) is 0.479. The number of halogens is 2. The summed E-state index contributed by atoms with van der Waals surface area (Å²) in [6.07, 6.45) is 5.18. The molecule has 0 saturated carbocycles. The summed E-state index contributed by atoms with van der Waals surface area (Å²) in [7, 11) is 0. The van der Waals surface area contributed by atoms with Gasteiger partial charge in [0.2, 0.25) is 17.4 Å². The standard InChI is InChI=1S/C23H22BrClN6O2/c1-14-8-16(11-26)9-19(25)21(14)33-22-18(24)12-28-23(30-22)29-17-3-6-31(7-4-17)13-15-2-5-27-20(32)10-15/h2,5,8-10,12,17H,3-4,6-7,13H2,1H3,(H,27,32)(H,28,29,30). The molecule has 2 N–H and O–H groups in total. The highest BCUT2D eigenvalue weighted by atomic mass is 79.9. The lowest BCUT2D eigenvalue weighted by atomic mass is 10.0. The van der Waals surface area contributed by atoms with Gasteiger partial charge in [-0.15, -0.1) is 0 Å². The molecule has 8 nitrogen and oxygen atoms in total. The van der Waals surface area contributed by atoms with E-state index >= 15 is 0 Å². The number of nitriles is 1. The average molecular weight is 530 g/mol. The molecule has 0 amide bonds. The maximum atomic E-state index is 11.5. The molecule has 0 radical (unpaired) electrons. The van der Waals surface area contributed by atoms with E-state index in [1.165, 1.54) is 0 Å².